The second kappa shape index (κ2) is 5.98. The third-order valence-electron chi connectivity index (χ3n) is 4.19. The maximum atomic E-state index is 12.5. The summed E-state index contributed by atoms with van der Waals surface area (Å²) < 4.78 is 5.54. The van der Waals surface area contributed by atoms with Gasteiger partial charge in [-0.1, -0.05) is 63.2 Å². The molecule has 0 spiro atoms. The van der Waals surface area contributed by atoms with Crippen LogP contribution in [-0.4, -0.2) is 0 Å². The summed E-state index contributed by atoms with van der Waals surface area (Å²) in [5.41, 5.74) is 3.32. The van der Waals surface area contributed by atoms with Gasteiger partial charge in [-0.25, -0.2) is 4.79 Å². The lowest BCUT2D eigenvalue weighted by Gasteiger charge is -2.20. The minimum atomic E-state index is -0.436. The molecule has 2 aromatic carbocycles. The molecule has 3 heteroatoms. The Bertz CT molecular complexity index is 986. The number of rotatable bonds is 2. The second-order valence-corrected chi connectivity index (χ2v) is 6.90. The molecule has 24 heavy (non-hydrogen) atoms. The lowest BCUT2D eigenvalue weighted by molar-refractivity contribution is 0.548. The Morgan fingerprint density at radius 1 is 1.08 bits per heavy atom. The Morgan fingerprint density at radius 2 is 1.79 bits per heavy atom. The Balaban J connectivity index is 2.39. The lowest BCUT2D eigenvalue weighted by atomic mass is 9.85. The number of nitrogens with zero attached hydrogens (tertiary/aromatic N) is 1. The molecule has 0 unspecified atom stereocenters. The van der Waals surface area contributed by atoms with E-state index in [1.54, 1.807) is 0 Å². The predicted molar refractivity (Wildman–Crippen MR) is 95.9 cm³/mol. The molecular formula is C21H19NO2. The van der Waals surface area contributed by atoms with Crippen molar-refractivity contribution in [2.75, 3.05) is 0 Å². The average Bonchev–Trinajstić information content (AvgIpc) is 2.55. The van der Waals surface area contributed by atoms with Crippen LogP contribution < -0.4 is 5.63 Å². The molecule has 0 saturated heterocycles. The predicted octanol–water partition coefficient (Wildman–Crippen LogP) is 4.82. The zero-order valence-corrected chi connectivity index (χ0v) is 14.1. The van der Waals surface area contributed by atoms with E-state index in [1.165, 1.54) is 0 Å². The smallest absolute Gasteiger partial charge is 0.341 e. The van der Waals surface area contributed by atoms with E-state index < -0.39 is 5.63 Å². The number of hydrogen-bond donors (Lipinski definition) is 0. The van der Waals surface area contributed by atoms with Crippen LogP contribution in [-0.2, 0) is 11.8 Å². The van der Waals surface area contributed by atoms with Gasteiger partial charge in [-0.3, -0.25) is 0 Å². The molecular weight excluding hydrogens is 298 g/mol. The largest absolute Gasteiger partial charge is 0.422 e. The van der Waals surface area contributed by atoms with E-state index in [0.29, 0.717) is 11.1 Å². The van der Waals surface area contributed by atoms with Gasteiger partial charge >= 0.3 is 5.63 Å². The molecule has 3 nitrogen and oxygen atoms in total. The van der Waals surface area contributed by atoms with Crippen molar-refractivity contribution < 1.29 is 4.42 Å². The first-order valence-corrected chi connectivity index (χ1v) is 7.94. The molecule has 0 fully saturated rings. The first kappa shape index (κ1) is 16.0. The number of fused-ring (bicyclic) bond motifs is 1. The van der Waals surface area contributed by atoms with E-state index in [4.69, 9.17) is 9.68 Å². The van der Waals surface area contributed by atoms with Crippen molar-refractivity contribution in [3.63, 3.8) is 0 Å². The molecule has 1 aromatic heterocycles. The van der Waals surface area contributed by atoms with Crippen LogP contribution in [0.4, 0.5) is 0 Å². The van der Waals surface area contributed by atoms with E-state index in [2.05, 4.69) is 32.9 Å². The highest BCUT2D eigenvalue weighted by Crippen LogP contribution is 2.33. The molecule has 0 aliphatic carbocycles. The first-order chi connectivity index (χ1) is 11.4. The van der Waals surface area contributed by atoms with Crippen molar-refractivity contribution in [2.45, 2.75) is 32.6 Å². The van der Waals surface area contributed by atoms with Crippen LogP contribution in [0.5, 0.6) is 0 Å². The summed E-state index contributed by atoms with van der Waals surface area (Å²) in [4.78, 5) is 12.5. The van der Waals surface area contributed by atoms with Gasteiger partial charge in [0, 0.05) is 10.9 Å². The third kappa shape index (κ3) is 2.83. The molecule has 0 aliphatic rings. The quantitative estimate of drug-likeness (QED) is 0.636. The molecule has 0 atom stereocenters. The Morgan fingerprint density at radius 3 is 2.42 bits per heavy atom. The van der Waals surface area contributed by atoms with E-state index in [9.17, 15) is 4.79 Å². The summed E-state index contributed by atoms with van der Waals surface area (Å²) in [6.07, 6.45) is 0.0313. The molecule has 0 aliphatic heterocycles. The fourth-order valence-electron chi connectivity index (χ4n) is 2.88. The van der Waals surface area contributed by atoms with Crippen LogP contribution in [0.2, 0.25) is 0 Å². The van der Waals surface area contributed by atoms with Crippen LogP contribution >= 0.6 is 0 Å². The van der Waals surface area contributed by atoms with Gasteiger partial charge in [0.25, 0.3) is 0 Å². The fraction of sp³-hybridized carbons (Fsp3) is 0.238. The summed E-state index contributed by atoms with van der Waals surface area (Å²) in [6, 6.07) is 17.7. The molecule has 1 heterocycles. The fourth-order valence-corrected chi connectivity index (χ4v) is 2.88. The number of benzene rings is 2. The van der Waals surface area contributed by atoms with Crippen LogP contribution in [0.3, 0.4) is 0 Å². The standard InChI is InChI=1S/C21H19NO2/c1-21(2,3)15-9-10-16-18(13-15)24-20(23)17(11-12-22)19(16)14-7-5-4-6-8-14/h4-10,13H,11H2,1-3H3. The molecule has 0 amide bonds. The minimum absolute atomic E-state index is 0.0313. The zero-order valence-electron chi connectivity index (χ0n) is 14.1. The Hall–Kier alpha value is -2.86. The highest BCUT2D eigenvalue weighted by Gasteiger charge is 2.19. The Labute approximate surface area is 141 Å². The van der Waals surface area contributed by atoms with Crippen LogP contribution in [0.1, 0.15) is 31.9 Å². The molecule has 3 rings (SSSR count). The van der Waals surface area contributed by atoms with Gasteiger partial charge < -0.3 is 4.42 Å². The number of nitriles is 1. The van der Waals surface area contributed by atoms with Crippen molar-refractivity contribution >= 4 is 11.0 Å². The van der Waals surface area contributed by atoms with Gasteiger partial charge in [0.05, 0.1) is 18.1 Å². The van der Waals surface area contributed by atoms with Crippen LogP contribution in [0, 0.1) is 11.3 Å². The number of hydrogen-bond acceptors (Lipinski definition) is 3. The summed E-state index contributed by atoms with van der Waals surface area (Å²) >= 11 is 0. The van der Waals surface area contributed by atoms with E-state index in [1.807, 2.05) is 42.5 Å². The average molecular weight is 317 g/mol. The van der Waals surface area contributed by atoms with Gasteiger partial charge in [-0.05, 0) is 22.6 Å². The molecule has 0 N–H and O–H groups in total. The normalized spacial score (nSPS) is 11.4. The SMILES string of the molecule is CC(C)(C)c1ccc2c(-c3ccccc3)c(CC#N)c(=O)oc2c1. The maximum Gasteiger partial charge on any atom is 0.341 e. The monoisotopic (exact) mass is 317 g/mol. The minimum Gasteiger partial charge on any atom is -0.422 e. The van der Waals surface area contributed by atoms with Crippen molar-refractivity contribution in [1.82, 2.24) is 0 Å². The molecule has 0 saturated carbocycles. The van der Waals surface area contributed by atoms with Gasteiger partial charge in [-0.15, -0.1) is 0 Å². The lowest BCUT2D eigenvalue weighted by Crippen LogP contribution is -2.13. The van der Waals surface area contributed by atoms with Crippen molar-refractivity contribution in [3.05, 3.63) is 70.1 Å². The highest BCUT2D eigenvalue weighted by molar-refractivity contribution is 5.95. The van der Waals surface area contributed by atoms with Crippen LogP contribution in [0.25, 0.3) is 22.1 Å². The Kier molecular flexibility index (Phi) is 3.99. The molecule has 0 radical (unpaired) electrons. The summed E-state index contributed by atoms with van der Waals surface area (Å²) in [5.74, 6) is 0. The van der Waals surface area contributed by atoms with Gasteiger partial charge in [0.2, 0.25) is 0 Å². The second-order valence-electron chi connectivity index (χ2n) is 6.90. The van der Waals surface area contributed by atoms with E-state index in [0.717, 1.165) is 22.1 Å². The van der Waals surface area contributed by atoms with E-state index >= 15 is 0 Å². The van der Waals surface area contributed by atoms with Crippen molar-refractivity contribution in [3.8, 4) is 17.2 Å². The van der Waals surface area contributed by atoms with Crippen LogP contribution in [0.15, 0.2) is 57.7 Å². The topological polar surface area (TPSA) is 54.0 Å². The highest BCUT2D eigenvalue weighted by atomic mass is 16.4. The van der Waals surface area contributed by atoms with Crippen molar-refractivity contribution in [2.24, 2.45) is 0 Å². The first-order valence-electron chi connectivity index (χ1n) is 7.94. The zero-order chi connectivity index (χ0) is 17.3. The molecule has 0 bridgehead atoms. The maximum absolute atomic E-state index is 12.5. The summed E-state index contributed by atoms with van der Waals surface area (Å²) in [7, 11) is 0. The van der Waals surface area contributed by atoms with E-state index in [-0.39, 0.29) is 11.8 Å². The summed E-state index contributed by atoms with van der Waals surface area (Å²) in [6.45, 7) is 6.36. The molecule has 3 aromatic rings. The van der Waals surface area contributed by atoms with Gasteiger partial charge in [-0.2, -0.15) is 5.26 Å². The summed E-state index contributed by atoms with van der Waals surface area (Å²) in [5, 5.41) is 9.97. The van der Waals surface area contributed by atoms with Crippen molar-refractivity contribution in [1.29, 1.82) is 5.26 Å². The van der Waals surface area contributed by atoms with Gasteiger partial charge in [0.15, 0.2) is 0 Å². The third-order valence-corrected chi connectivity index (χ3v) is 4.19. The van der Waals surface area contributed by atoms with Gasteiger partial charge in [0.1, 0.15) is 5.58 Å². The molecule has 120 valence electrons.